The molecule has 0 saturated carbocycles. The van der Waals surface area contributed by atoms with E-state index >= 15 is 0 Å². The van der Waals surface area contributed by atoms with Gasteiger partial charge in [-0.2, -0.15) is 0 Å². The fourth-order valence-corrected chi connectivity index (χ4v) is 2.97. The molecule has 0 aromatic carbocycles. The number of carboxylic acid groups (broad SMARTS) is 1. The van der Waals surface area contributed by atoms with Gasteiger partial charge in [0.25, 0.3) is 5.91 Å². The topological polar surface area (TPSA) is 79.7 Å². The summed E-state index contributed by atoms with van der Waals surface area (Å²) in [5.41, 5.74) is 0.430. The van der Waals surface area contributed by atoms with E-state index < -0.39 is 12.0 Å². The van der Waals surface area contributed by atoms with E-state index in [1.165, 1.54) is 11.3 Å². The number of thiazole rings is 1. The molecule has 1 aliphatic heterocycles. The molecule has 1 unspecified atom stereocenters. The first-order valence-corrected chi connectivity index (χ1v) is 6.85. The minimum Gasteiger partial charge on any atom is -0.481 e. The number of aliphatic carboxylic acids is 1. The number of hydrogen-bond acceptors (Lipinski definition) is 5. The predicted molar refractivity (Wildman–Crippen MR) is 69.5 cm³/mol. The summed E-state index contributed by atoms with van der Waals surface area (Å²) in [6.07, 6.45) is -0.103. The molecule has 1 atom stereocenters. The molecule has 6 nitrogen and oxygen atoms in total. The van der Waals surface area contributed by atoms with Crippen molar-refractivity contribution >= 4 is 23.2 Å². The molecule has 1 fully saturated rings. The smallest absolute Gasteiger partial charge is 0.305 e. The number of hydrogen-bond donors (Lipinski definition) is 1. The standard InChI is InChI=1S/C12H16N2O4S/c1-7-11(13-8(2)19-7)12(17)14-3-4-18-6-9(14)5-10(15)16/h9H,3-6H2,1-2H3,(H,15,16). The van der Waals surface area contributed by atoms with E-state index in [0.717, 1.165) is 9.88 Å². The second kappa shape index (κ2) is 5.66. The highest BCUT2D eigenvalue weighted by Crippen LogP contribution is 2.21. The van der Waals surface area contributed by atoms with Gasteiger partial charge in [0.1, 0.15) is 5.69 Å². The van der Waals surface area contributed by atoms with Crippen LogP contribution >= 0.6 is 11.3 Å². The maximum absolute atomic E-state index is 12.4. The number of morpholine rings is 1. The van der Waals surface area contributed by atoms with Crippen molar-refractivity contribution in [3.8, 4) is 0 Å². The average Bonchev–Trinajstić information content (AvgIpc) is 2.67. The Morgan fingerprint density at radius 2 is 2.26 bits per heavy atom. The van der Waals surface area contributed by atoms with E-state index in [1.54, 1.807) is 4.90 Å². The summed E-state index contributed by atoms with van der Waals surface area (Å²) < 4.78 is 5.26. The van der Waals surface area contributed by atoms with Gasteiger partial charge in [0.05, 0.1) is 30.7 Å². The number of carbonyl (C=O) groups is 2. The second-order valence-electron chi connectivity index (χ2n) is 4.46. The molecule has 19 heavy (non-hydrogen) atoms. The summed E-state index contributed by atoms with van der Waals surface area (Å²) in [6.45, 7) is 4.81. The zero-order valence-corrected chi connectivity index (χ0v) is 11.7. The number of rotatable bonds is 3. The molecule has 0 spiro atoms. The Labute approximate surface area is 115 Å². The first-order valence-electron chi connectivity index (χ1n) is 6.03. The monoisotopic (exact) mass is 284 g/mol. The molecule has 104 valence electrons. The third kappa shape index (κ3) is 3.10. The summed E-state index contributed by atoms with van der Waals surface area (Å²) in [4.78, 5) is 30.0. The number of aromatic nitrogens is 1. The molecule has 1 saturated heterocycles. The highest BCUT2D eigenvalue weighted by atomic mass is 32.1. The van der Waals surface area contributed by atoms with Crippen LogP contribution in [-0.2, 0) is 9.53 Å². The lowest BCUT2D eigenvalue weighted by molar-refractivity contribution is -0.139. The van der Waals surface area contributed by atoms with Crippen LogP contribution in [0.3, 0.4) is 0 Å². The predicted octanol–water partition coefficient (Wildman–Crippen LogP) is 1.08. The first-order chi connectivity index (χ1) is 8.99. The zero-order chi connectivity index (χ0) is 14.0. The second-order valence-corrected chi connectivity index (χ2v) is 5.87. The number of carboxylic acids is 1. The molecule has 7 heteroatoms. The van der Waals surface area contributed by atoms with Gasteiger partial charge < -0.3 is 14.7 Å². The first kappa shape index (κ1) is 14.0. The average molecular weight is 284 g/mol. The minimum absolute atomic E-state index is 0.103. The summed E-state index contributed by atoms with van der Waals surface area (Å²) in [5.74, 6) is -1.13. The molecule has 1 aromatic heterocycles. The maximum atomic E-state index is 12.4. The highest BCUT2D eigenvalue weighted by Gasteiger charge is 2.31. The Kier molecular flexibility index (Phi) is 4.16. The van der Waals surface area contributed by atoms with Crippen molar-refractivity contribution in [2.75, 3.05) is 19.8 Å². The van der Waals surface area contributed by atoms with Gasteiger partial charge in [-0.1, -0.05) is 0 Å². The molecule has 0 bridgehead atoms. The van der Waals surface area contributed by atoms with Crippen LogP contribution in [0.1, 0.15) is 26.8 Å². The van der Waals surface area contributed by atoms with E-state index in [-0.39, 0.29) is 18.9 Å². The molecule has 1 N–H and O–H groups in total. The van der Waals surface area contributed by atoms with Crippen LogP contribution in [0.25, 0.3) is 0 Å². The van der Waals surface area contributed by atoms with E-state index in [4.69, 9.17) is 9.84 Å². The van der Waals surface area contributed by atoms with Crippen molar-refractivity contribution in [1.82, 2.24) is 9.88 Å². The van der Waals surface area contributed by atoms with Crippen LogP contribution in [0, 0.1) is 13.8 Å². The van der Waals surface area contributed by atoms with Gasteiger partial charge in [0, 0.05) is 11.4 Å². The molecular weight excluding hydrogens is 268 g/mol. The highest BCUT2D eigenvalue weighted by molar-refractivity contribution is 7.11. The minimum atomic E-state index is -0.931. The van der Waals surface area contributed by atoms with Crippen LogP contribution in [0.4, 0.5) is 0 Å². The number of nitrogens with zero attached hydrogens (tertiary/aromatic N) is 2. The van der Waals surface area contributed by atoms with Gasteiger partial charge in [0.15, 0.2) is 0 Å². The lowest BCUT2D eigenvalue weighted by atomic mass is 10.1. The third-order valence-electron chi connectivity index (χ3n) is 3.00. The summed E-state index contributed by atoms with van der Waals surface area (Å²) in [5, 5.41) is 9.72. The Morgan fingerprint density at radius 1 is 1.53 bits per heavy atom. The molecule has 0 radical (unpaired) electrons. The zero-order valence-electron chi connectivity index (χ0n) is 10.9. The summed E-state index contributed by atoms with van der Waals surface area (Å²) >= 11 is 1.47. The lowest BCUT2D eigenvalue weighted by Crippen LogP contribution is -2.49. The Balaban J connectivity index is 2.19. The van der Waals surface area contributed by atoms with Crippen LogP contribution < -0.4 is 0 Å². The largest absolute Gasteiger partial charge is 0.481 e. The van der Waals surface area contributed by atoms with Crippen molar-refractivity contribution in [2.45, 2.75) is 26.3 Å². The molecule has 1 aliphatic rings. The van der Waals surface area contributed by atoms with Crippen molar-refractivity contribution in [3.05, 3.63) is 15.6 Å². The van der Waals surface area contributed by atoms with Gasteiger partial charge in [0.2, 0.25) is 0 Å². The van der Waals surface area contributed by atoms with Crippen LogP contribution in [0.5, 0.6) is 0 Å². The molecule has 2 heterocycles. The summed E-state index contributed by atoms with van der Waals surface area (Å²) in [6, 6.07) is -0.417. The van der Waals surface area contributed by atoms with Crippen molar-refractivity contribution < 1.29 is 19.4 Å². The van der Waals surface area contributed by atoms with Crippen molar-refractivity contribution in [2.24, 2.45) is 0 Å². The Morgan fingerprint density at radius 3 is 2.84 bits per heavy atom. The SMILES string of the molecule is Cc1nc(C(=O)N2CCOCC2CC(=O)O)c(C)s1. The number of amides is 1. The Bertz CT molecular complexity index is 500. The molecular formula is C12H16N2O4S. The van der Waals surface area contributed by atoms with Gasteiger partial charge in [-0.15, -0.1) is 11.3 Å². The molecule has 1 amide bonds. The lowest BCUT2D eigenvalue weighted by Gasteiger charge is -2.34. The molecule has 2 rings (SSSR count). The summed E-state index contributed by atoms with van der Waals surface area (Å²) in [7, 11) is 0. The van der Waals surface area contributed by atoms with Gasteiger partial charge in [-0.25, -0.2) is 4.98 Å². The quantitative estimate of drug-likeness (QED) is 0.898. The number of carbonyl (C=O) groups excluding carboxylic acids is 1. The van der Waals surface area contributed by atoms with Crippen LogP contribution in [-0.4, -0.2) is 52.7 Å². The van der Waals surface area contributed by atoms with Crippen molar-refractivity contribution in [1.29, 1.82) is 0 Å². The third-order valence-corrected chi connectivity index (χ3v) is 3.89. The van der Waals surface area contributed by atoms with Gasteiger partial charge in [-0.3, -0.25) is 9.59 Å². The van der Waals surface area contributed by atoms with E-state index in [0.29, 0.717) is 18.8 Å². The van der Waals surface area contributed by atoms with E-state index in [1.807, 2.05) is 13.8 Å². The fourth-order valence-electron chi connectivity index (χ4n) is 2.16. The normalized spacial score (nSPS) is 19.5. The fraction of sp³-hybridized carbons (Fsp3) is 0.583. The van der Waals surface area contributed by atoms with E-state index in [9.17, 15) is 9.59 Å². The molecule has 1 aromatic rings. The van der Waals surface area contributed by atoms with Gasteiger partial charge >= 0.3 is 5.97 Å². The van der Waals surface area contributed by atoms with Crippen molar-refractivity contribution in [3.63, 3.8) is 0 Å². The number of aryl methyl sites for hydroxylation is 2. The maximum Gasteiger partial charge on any atom is 0.305 e. The van der Waals surface area contributed by atoms with Gasteiger partial charge in [-0.05, 0) is 13.8 Å². The van der Waals surface area contributed by atoms with Crippen LogP contribution in [0.15, 0.2) is 0 Å². The molecule has 0 aliphatic carbocycles. The Hall–Kier alpha value is -1.47. The van der Waals surface area contributed by atoms with E-state index in [2.05, 4.69) is 4.98 Å². The number of ether oxygens (including phenoxy) is 1. The van der Waals surface area contributed by atoms with Crippen LogP contribution in [0.2, 0.25) is 0 Å².